The van der Waals surface area contributed by atoms with Gasteiger partial charge in [0, 0.05) is 32.7 Å². The number of carbonyl (C=O) groups excluding carboxylic acids is 2. The molecule has 0 radical (unpaired) electrons. The van der Waals surface area contributed by atoms with E-state index in [2.05, 4.69) is 10.2 Å². The second-order valence-corrected chi connectivity index (χ2v) is 10.1. The van der Waals surface area contributed by atoms with Gasteiger partial charge in [-0.05, 0) is 69.1 Å². The van der Waals surface area contributed by atoms with Gasteiger partial charge in [0.1, 0.15) is 6.04 Å². The highest BCUT2D eigenvalue weighted by Gasteiger charge is 2.56. The van der Waals surface area contributed by atoms with E-state index in [1.807, 2.05) is 4.90 Å². The Morgan fingerprint density at radius 3 is 2.25 bits per heavy atom. The van der Waals surface area contributed by atoms with Crippen LogP contribution in [-0.4, -0.2) is 73.6 Å². The van der Waals surface area contributed by atoms with E-state index in [4.69, 9.17) is 4.74 Å². The monoisotopic (exact) mass is 389 g/mol. The van der Waals surface area contributed by atoms with Gasteiger partial charge in [-0.3, -0.25) is 14.5 Å². The van der Waals surface area contributed by atoms with Crippen molar-refractivity contribution in [3.05, 3.63) is 0 Å². The quantitative estimate of drug-likeness (QED) is 0.777. The van der Waals surface area contributed by atoms with Crippen LogP contribution in [0.5, 0.6) is 0 Å². The molecule has 6 fully saturated rings. The second kappa shape index (κ2) is 7.60. The molecule has 2 aliphatic heterocycles. The molecule has 6 nitrogen and oxygen atoms in total. The summed E-state index contributed by atoms with van der Waals surface area (Å²) in [6.07, 6.45) is 9.06. The van der Waals surface area contributed by atoms with Gasteiger partial charge in [0.25, 0.3) is 0 Å². The fourth-order valence-corrected chi connectivity index (χ4v) is 7.24. The summed E-state index contributed by atoms with van der Waals surface area (Å²) in [5.74, 6) is 2.66. The third kappa shape index (κ3) is 3.47. The van der Waals surface area contributed by atoms with Gasteiger partial charge in [-0.25, -0.2) is 0 Å². The third-order valence-corrected chi connectivity index (χ3v) is 8.14. The second-order valence-electron chi connectivity index (χ2n) is 10.1. The predicted octanol–water partition coefficient (Wildman–Crippen LogP) is 1.64. The Labute approximate surface area is 168 Å². The summed E-state index contributed by atoms with van der Waals surface area (Å²) in [5.41, 5.74) is -0.134. The first kappa shape index (κ1) is 18.9. The fraction of sp³-hybridized carbons (Fsp3) is 0.909. The first-order valence-corrected chi connectivity index (χ1v) is 11.5. The molecule has 6 aliphatic rings. The molecule has 4 bridgehead atoms. The summed E-state index contributed by atoms with van der Waals surface area (Å²) < 4.78 is 5.38. The number of likely N-dealkylation sites (tertiary alicyclic amines) is 1. The van der Waals surface area contributed by atoms with Crippen molar-refractivity contribution >= 4 is 11.8 Å². The SMILES string of the molecule is O=C(NCCN1CCOCC1)[C@H]1CCCN1C(=O)C12CC3CC(CC(C3)C1)C2. The minimum Gasteiger partial charge on any atom is -0.379 e. The van der Waals surface area contributed by atoms with Gasteiger partial charge in [-0.15, -0.1) is 0 Å². The lowest BCUT2D eigenvalue weighted by atomic mass is 9.49. The molecule has 2 amide bonds. The van der Waals surface area contributed by atoms with Gasteiger partial charge in [0.15, 0.2) is 0 Å². The Kier molecular flexibility index (Phi) is 5.12. The van der Waals surface area contributed by atoms with Crippen molar-refractivity contribution in [3.8, 4) is 0 Å². The van der Waals surface area contributed by atoms with E-state index in [-0.39, 0.29) is 17.4 Å². The van der Waals surface area contributed by atoms with Gasteiger partial charge in [-0.2, -0.15) is 0 Å². The molecule has 4 saturated carbocycles. The first-order valence-electron chi connectivity index (χ1n) is 11.5. The van der Waals surface area contributed by atoms with Crippen LogP contribution in [0.1, 0.15) is 51.4 Å². The molecule has 0 spiro atoms. The van der Waals surface area contributed by atoms with Crippen LogP contribution < -0.4 is 5.32 Å². The zero-order valence-electron chi connectivity index (χ0n) is 17.0. The topological polar surface area (TPSA) is 61.9 Å². The molecule has 0 aromatic carbocycles. The Balaban J connectivity index is 1.19. The number of morpholine rings is 1. The maximum Gasteiger partial charge on any atom is 0.242 e. The molecule has 1 N–H and O–H groups in total. The van der Waals surface area contributed by atoms with Gasteiger partial charge < -0.3 is 15.0 Å². The number of carbonyl (C=O) groups is 2. The average molecular weight is 390 g/mol. The highest BCUT2D eigenvalue weighted by Crippen LogP contribution is 2.60. The van der Waals surface area contributed by atoms with Crippen LogP contribution in [0.4, 0.5) is 0 Å². The summed E-state index contributed by atoms with van der Waals surface area (Å²) in [7, 11) is 0. The van der Waals surface area contributed by atoms with E-state index in [9.17, 15) is 9.59 Å². The minimum atomic E-state index is -0.245. The number of nitrogens with one attached hydrogen (secondary N) is 1. The minimum absolute atomic E-state index is 0.0591. The summed E-state index contributed by atoms with van der Waals surface area (Å²) in [4.78, 5) is 30.8. The lowest BCUT2D eigenvalue weighted by Gasteiger charge is -2.56. The fourth-order valence-electron chi connectivity index (χ4n) is 7.24. The lowest BCUT2D eigenvalue weighted by molar-refractivity contribution is -0.160. The van der Waals surface area contributed by atoms with Crippen molar-refractivity contribution < 1.29 is 14.3 Å². The van der Waals surface area contributed by atoms with Crippen molar-refractivity contribution in [2.45, 2.75) is 57.4 Å². The van der Waals surface area contributed by atoms with Gasteiger partial charge in [0.2, 0.25) is 11.8 Å². The Morgan fingerprint density at radius 1 is 0.964 bits per heavy atom. The molecule has 2 saturated heterocycles. The number of ether oxygens (including phenoxy) is 1. The summed E-state index contributed by atoms with van der Waals surface area (Å²) in [6.45, 7) is 5.74. The normalized spacial score (nSPS) is 40.1. The number of amides is 2. The van der Waals surface area contributed by atoms with Crippen LogP contribution in [0.2, 0.25) is 0 Å². The van der Waals surface area contributed by atoms with Crippen molar-refractivity contribution in [1.82, 2.24) is 15.1 Å². The van der Waals surface area contributed by atoms with E-state index in [0.29, 0.717) is 12.5 Å². The van der Waals surface area contributed by atoms with E-state index < -0.39 is 0 Å². The highest BCUT2D eigenvalue weighted by molar-refractivity contribution is 5.91. The summed E-state index contributed by atoms with van der Waals surface area (Å²) in [6, 6.07) is -0.245. The first-order chi connectivity index (χ1) is 13.6. The van der Waals surface area contributed by atoms with E-state index in [1.165, 1.54) is 19.3 Å². The molecule has 0 unspecified atom stereocenters. The van der Waals surface area contributed by atoms with Crippen LogP contribution in [0, 0.1) is 23.2 Å². The van der Waals surface area contributed by atoms with Crippen molar-refractivity contribution in [1.29, 1.82) is 0 Å². The van der Waals surface area contributed by atoms with E-state index >= 15 is 0 Å². The van der Waals surface area contributed by atoms with Crippen LogP contribution in [0.25, 0.3) is 0 Å². The molecule has 0 aromatic rings. The molecule has 28 heavy (non-hydrogen) atoms. The van der Waals surface area contributed by atoms with Crippen LogP contribution in [0.3, 0.4) is 0 Å². The van der Waals surface area contributed by atoms with Gasteiger partial charge >= 0.3 is 0 Å². The molecule has 4 aliphatic carbocycles. The number of rotatable bonds is 5. The smallest absolute Gasteiger partial charge is 0.242 e. The van der Waals surface area contributed by atoms with Crippen molar-refractivity contribution in [3.63, 3.8) is 0 Å². The molecule has 156 valence electrons. The van der Waals surface area contributed by atoms with E-state index in [0.717, 1.165) is 89.3 Å². The van der Waals surface area contributed by atoms with Crippen LogP contribution >= 0.6 is 0 Å². The third-order valence-electron chi connectivity index (χ3n) is 8.14. The summed E-state index contributed by atoms with van der Waals surface area (Å²) >= 11 is 0. The maximum absolute atomic E-state index is 13.7. The molecule has 1 atom stereocenters. The summed E-state index contributed by atoms with van der Waals surface area (Å²) in [5, 5.41) is 3.12. The Hall–Kier alpha value is -1.14. The zero-order chi connectivity index (χ0) is 19.1. The molecular formula is C22H35N3O3. The number of nitrogens with zero attached hydrogens (tertiary/aromatic N) is 2. The number of hydrogen-bond donors (Lipinski definition) is 1. The zero-order valence-corrected chi connectivity index (χ0v) is 17.0. The standard InChI is InChI=1S/C22H35N3O3/c26-20(23-3-5-24-6-8-28-9-7-24)19-2-1-4-25(19)21(27)22-13-16-10-17(14-22)12-18(11-16)15-22/h16-19H,1-15H2,(H,23,26)/t16?,17?,18?,19-,22?/m1/s1. The molecule has 6 rings (SSSR count). The van der Waals surface area contributed by atoms with Crippen LogP contribution in [0.15, 0.2) is 0 Å². The number of hydrogen-bond acceptors (Lipinski definition) is 4. The van der Waals surface area contributed by atoms with Crippen molar-refractivity contribution in [2.24, 2.45) is 23.2 Å². The largest absolute Gasteiger partial charge is 0.379 e. The highest BCUT2D eigenvalue weighted by atomic mass is 16.5. The van der Waals surface area contributed by atoms with Gasteiger partial charge in [0.05, 0.1) is 18.6 Å². The van der Waals surface area contributed by atoms with E-state index in [1.54, 1.807) is 0 Å². The predicted molar refractivity (Wildman–Crippen MR) is 106 cm³/mol. The maximum atomic E-state index is 13.7. The van der Waals surface area contributed by atoms with Gasteiger partial charge in [-0.1, -0.05) is 0 Å². The lowest BCUT2D eigenvalue weighted by Crippen LogP contribution is -2.57. The average Bonchev–Trinajstić information content (AvgIpc) is 3.17. The molecule has 6 heteroatoms. The molecule has 2 heterocycles. The molecular weight excluding hydrogens is 354 g/mol. The Morgan fingerprint density at radius 2 is 1.61 bits per heavy atom. The Bertz CT molecular complexity index is 581. The van der Waals surface area contributed by atoms with Crippen LogP contribution in [-0.2, 0) is 14.3 Å². The molecule has 0 aromatic heterocycles. The van der Waals surface area contributed by atoms with Crippen molar-refractivity contribution in [2.75, 3.05) is 45.9 Å².